The van der Waals surface area contributed by atoms with E-state index < -0.39 is 0 Å². The minimum absolute atomic E-state index is 0.235. The van der Waals surface area contributed by atoms with Gasteiger partial charge in [0.25, 0.3) is 0 Å². The molecule has 0 amide bonds. The summed E-state index contributed by atoms with van der Waals surface area (Å²) in [5, 5.41) is 0. The van der Waals surface area contributed by atoms with Crippen molar-refractivity contribution < 1.29 is 0 Å². The van der Waals surface area contributed by atoms with E-state index in [1.54, 1.807) is 0 Å². The van der Waals surface area contributed by atoms with Crippen LogP contribution in [0.5, 0.6) is 0 Å². The van der Waals surface area contributed by atoms with Crippen LogP contribution in [0.2, 0.25) is 0 Å². The number of nitrogen functional groups attached to an aromatic ring is 1. The van der Waals surface area contributed by atoms with Crippen LogP contribution < -0.4 is 10.6 Å². The normalized spacial score (nSPS) is 15.5. The van der Waals surface area contributed by atoms with Gasteiger partial charge in [0.2, 0.25) is 0 Å². The molecule has 1 aliphatic heterocycles. The molecular weight excluding hydrogens is 184 g/mol. The van der Waals surface area contributed by atoms with Crippen LogP contribution in [0.4, 0.5) is 11.4 Å². The predicted octanol–water partition coefficient (Wildman–Crippen LogP) is 2.82. The van der Waals surface area contributed by atoms with E-state index in [1.807, 2.05) is 6.07 Å². The zero-order valence-corrected chi connectivity index (χ0v) is 9.88. The largest absolute Gasteiger partial charge is 0.398 e. The fraction of sp³-hybridized carbons (Fsp3) is 0.538. The van der Waals surface area contributed by atoms with Crippen LogP contribution in [0.3, 0.4) is 0 Å². The Morgan fingerprint density at radius 2 is 2.13 bits per heavy atom. The Balaban J connectivity index is 2.41. The zero-order chi connectivity index (χ0) is 11.1. The lowest BCUT2D eigenvalue weighted by Gasteiger charge is -2.37. The van der Waals surface area contributed by atoms with Crippen molar-refractivity contribution in [1.82, 2.24) is 0 Å². The highest BCUT2D eigenvalue weighted by Crippen LogP contribution is 2.37. The predicted molar refractivity (Wildman–Crippen MR) is 66.3 cm³/mol. The molecule has 2 rings (SSSR count). The Hall–Kier alpha value is -1.18. The first kappa shape index (κ1) is 10.3. The van der Waals surface area contributed by atoms with Crippen molar-refractivity contribution in [1.29, 1.82) is 0 Å². The molecule has 0 unspecified atom stereocenters. The van der Waals surface area contributed by atoms with E-state index in [1.165, 1.54) is 11.3 Å². The average Bonchev–Trinajstić information content (AvgIpc) is 2.63. The molecule has 2 N–H and O–H groups in total. The molecule has 0 bridgehead atoms. The third kappa shape index (κ3) is 1.58. The van der Waals surface area contributed by atoms with Gasteiger partial charge in [-0.05, 0) is 38.8 Å². The second-order valence-electron chi connectivity index (χ2n) is 4.91. The monoisotopic (exact) mass is 204 g/mol. The van der Waals surface area contributed by atoms with Gasteiger partial charge in [0, 0.05) is 29.0 Å². The number of anilines is 2. The number of nitrogens with zero attached hydrogens (tertiary/aromatic N) is 1. The Bertz CT molecular complexity index is 369. The van der Waals surface area contributed by atoms with Gasteiger partial charge < -0.3 is 10.6 Å². The van der Waals surface area contributed by atoms with E-state index >= 15 is 0 Å². The maximum Gasteiger partial charge on any atom is 0.0424 e. The molecule has 2 heteroatoms. The Kier molecular flexibility index (Phi) is 2.37. The molecule has 0 aromatic heterocycles. The number of hydrogen-bond donors (Lipinski definition) is 1. The van der Waals surface area contributed by atoms with Crippen LogP contribution in [-0.4, -0.2) is 12.1 Å². The van der Waals surface area contributed by atoms with Gasteiger partial charge in [-0.25, -0.2) is 0 Å². The van der Waals surface area contributed by atoms with Gasteiger partial charge >= 0.3 is 0 Å². The summed E-state index contributed by atoms with van der Waals surface area (Å²) in [4.78, 5) is 2.48. The van der Waals surface area contributed by atoms with Crippen LogP contribution in [0.15, 0.2) is 18.2 Å². The van der Waals surface area contributed by atoms with Crippen molar-refractivity contribution in [3.8, 4) is 0 Å². The fourth-order valence-corrected chi connectivity index (χ4v) is 2.28. The molecule has 82 valence electrons. The summed E-state index contributed by atoms with van der Waals surface area (Å²) in [5.41, 5.74) is 9.84. The maximum absolute atomic E-state index is 5.99. The lowest BCUT2D eigenvalue weighted by Crippen LogP contribution is -2.42. The van der Waals surface area contributed by atoms with Gasteiger partial charge in [0.15, 0.2) is 0 Å². The lowest BCUT2D eigenvalue weighted by atomic mass is 9.99. The first-order valence-corrected chi connectivity index (χ1v) is 5.71. The van der Waals surface area contributed by atoms with E-state index in [0.29, 0.717) is 0 Å². The third-order valence-corrected chi connectivity index (χ3v) is 3.66. The molecule has 1 aromatic rings. The Morgan fingerprint density at radius 1 is 1.40 bits per heavy atom. The summed E-state index contributed by atoms with van der Waals surface area (Å²) in [6.45, 7) is 7.94. The molecule has 2 nitrogen and oxygen atoms in total. The fourth-order valence-electron chi connectivity index (χ4n) is 2.28. The van der Waals surface area contributed by atoms with Gasteiger partial charge in [0.05, 0.1) is 0 Å². The average molecular weight is 204 g/mol. The molecule has 1 aliphatic rings. The van der Waals surface area contributed by atoms with E-state index in [0.717, 1.165) is 25.1 Å². The van der Waals surface area contributed by atoms with Crippen molar-refractivity contribution >= 4 is 11.4 Å². The quantitative estimate of drug-likeness (QED) is 0.751. The molecule has 1 heterocycles. The van der Waals surface area contributed by atoms with Crippen molar-refractivity contribution in [2.24, 2.45) is 0 Å². The van der Waals surface area contributed by atoms with Crippen LogP contribution >= 0.6 is 0 Å². The number of benzene rings is 1. The number of rotatable bonds is 2. The smallest absolute Gasteiger partial charge is 0.0424 e. The third-order valence-electron chi connectivity index (χ3n) is 3.66. The SMILES string of the molecule is CCC(C)(C)N1CCc2c(N)cccc21. The van der Waals surface area contributed by atoms with Crippen molar-refractivity contribution in [2.75, 3.05) is 17.2 Å². The summed E-state index contributed by atoms with van der Waals surface area (Å²) < 4.78 is 0. The minimum atomic E-state index is 0.235. The Labute approximate surface area is 92.1 Å². The summed E-state index contributed by atoms with van der Waals surface area (Å²) >= 11 is 0. The van der Waals surface area contributed by atoms with Crippen molar-refractivity contribution in [3.05, 3.63) is 23.8 Å². The highest BCUT2D eigenvalue weighted by molar-refractivity contribution is 5.69. The first-order valence-electron chi connectivity index (χ1n) is 5.71. The highest BCUT2D eigenvalue weighted by atomic mass is 15.2. The summed E-state index contributed by atoms with van der Waals surface area (Å²) in [5.74, 6) is 0. The second-order valence-corrected chi connectivity index (χ2v) is 4.91. The minimum Gasteiger partial charge on any atom is -0.398 e. The molecule has 0 atom stereocenters. The van der Waals surface area contributed by atoms with Crippen LogP contribution in [0.1, 0.15) is 32.8 Å². The molecule has 0 spiro atoms. The molecule has 0 fully saturated rings. The molecule has 15 heavy (non-hydrogen) atoms. The molecule has 0 radical (unpaired) electrons. The first-order chi connectivity index (χ1) is 7.06. The molecule has 1 aromatic carbocycles. The molecule has 0 aliphatic carbocycles. The highest BCUT2D eigenvalue weighted by Gasteiger charge is 2.31. The topological polar surface area (TPSA) is 29.3 Å². The van der Waals surface area contributed by atoms with E-state index in [4.69, 9.17) is 5.73 Å². The zero-order valence-electron chi connectivity index (χ0n) is 9.88. The summed E-state index contributed by atoms with van der Waals surface area (Å²) in [6, 6.07) is 6.25. The van der Waals surface area contributed by atoms with Gasteiger partial charge in [-0.1, -0.05) is 13.0 Å². The second kappa shape index (κ2) is 3.44. The van der Waals surface area contributed by atoms with Crippen molar-refractivity contribution in [2.45, 2.75) is 39.2 Å². The van der Waals surface area contributed by atoms with Gasteiger partial charge in [-0.3, -0.25) is 0 Å². The van der Waals surface area contributed by atoms with Crippen LogP contribution in [-0.2, 0) is 6.42 Å². The lowest BCUT2D eigenvalue weighted by molar-refractivity contribution is 0.455. The summed E-state index contributed by atoms with van der Waals surface area (Å²) in [6.07, 6.45) is 2.24. The van der Waals surface area contributed by atoms with Gasteiger partial charge in [-0.15, -0.1) is 0 Å². The van der Waals surface area contributed by atoms with Crippen LogP contribution in [0.25, 0.3) is 0 Å². The number of nitrogens with two attached hydrogens (primary N) is 1. The summed E-state index contributed by atoms with van der Waals surface area (Å²) in [7, 11) is 0. The number of hydrogen-bond acceptors (Lipinski definition) is 2. The maximum atomic E-state index is 5.99. The van der Waals surface area contributed by atoms with E-state index in [9.17, 15) is 0 Å². The Morgan fingerprint density at radius 3 is 2.80 bits per heavy atom. The van der Waals surface area contributed by atoms with Gasteiger partial charge in [-0.2, -0.15) is 0 Å². The van der Waals surface area contributed by atoms with Crippen LogP contribution in [0, 0.1) is 0 Å². The number of fused-ring (bicyclic) bond motifs is 1. The van der Waals surface area contributed by atoms with Crippen molar-refractivity contribution in [3.63, 3.8) is 0 Å². The van der Waals surface area contributed by atoms with E-state index in [2.05, 4.69) is 37.8 Å². The van der Waals surface area contributed by atoms with Gasteiger partial charge in [0.1, 0.15) is 0 Å². The molecule has 0 saturated carbocycles. The molecular formula is C13H20N2. The van der Waals surface area contributed by atoms with E-state index in [-0.39, 0.29) is 5.54 Å². The standard InChI is InChI=1S/C13H20N2/c1-4-13(2,3)15-9-8-10-11(14)6-5-7-12(10)15/h5-7H,4,8-9,14H2,1-3H3. The molecule has 0 saturated heterocycles.